The Morgan fingerprint density at radius 1 is 1.29 bits per heavy atom. The fraction of sp³-hybridized carbons (Fsp3) is 0.182. The molecule has 1 aromatic heterocycles. The van der Waals surface area contributed by atoms with Crippen LogP contribution in [-0.4, -0.2) is 12.1 Å². The molecule has 0 atom stereocenters. The molecule has 0 aliphatic heterocycles. The molecule has 14 heavy (non-hydrogen) atoms. The lowest BCUT2D eigenvalue weighted by atomic mass is 10.2. The standard InChI is InChI=1S/C11H10ClNO/c1-7-5-11(14-2)9-6-8(12)3-4-10(9)13-7/h3-6H,1-2H3. The Morgan fingerprint density at radius 2 is 2.07 bits per heavy atom. The lowest BCUT2D eigenvalue weighted by Crippen LogP contribution is -1.89. The molecule has 0 spiro atoms. The highest BCUT2D eigenvalue weighted by molar-refractivity contribution is 6.31. The predicted octanol–water partition coefficient (Wildman–Crippen LogP) is 3.21. The van der Waals surface area contributed by atoms with Crippen molar-refractivity contribution in [1.29, 1.82) is 0 Å². The molecule has 3 heteroatoms. The number of benzene rings is 1. The number of methoxy groups -OCH3 is 1. The normalized spacial score (nSPS) is 10.5. The van der Waals surface area contributed by atoms with Gasteiger partial charge in [0.15, 0.2) is 0 Å². The van der Waals surface area contributed by atoms with Crippen molar-refractivity contribution in [3.63, 3.8) is 0 Å². The van der Waals surface area contributed by atoms with Crippen LogP contribution in [0.5, 0.6) is 5.75 Å². The smallest absolute Gasteiger partial charge is 0.130 e. The van der Waals surface area contributed by atoms with Crippen LogP contribution < -0.4 is 4.74 Å². The summed E-state index contributed by atoms with van der Waals surface area (Å²) in [6.07, 6.45) is 0. The minimum absolute atomic E-state index is 0.696. The molecule has 0 unspecified atom stereocenters. The summed E-state index contributed by atoms with van der Waals surface area (Å²) in [6.45, 7) is 1.94. The van der Waals surface area contributed by atoms with Crippen LogP contribution >= 0.6 is 11.6 Å². The summed E-state index contributed by atoms with van der Waals surface area (Å²) in [7, 11) is 1.65. The van der Waals surface area contributed by atoms with Crippen LogP contribution in [0.2, 0.25) is 5.02 Å². The van der Waals surface area contributed by atoms with Crippen LogP contribution in [0.25, 0.3) is 10.9 Å². The van der Waals surface area contributed by atoms with Crippen LogP contribution in [-0.2, 0) is 0 Å². The third-order valence-corrected chi connectivity index (χ3v) is 2.32. The summed E-state index contributed by atoms with van der Waals surface area (Å²) in [5, 5.41) is 1.65. The van der Waals surface area contributed by atoms with E-state index in [1.165, 1.54) is 0 Å². The van der Waals surface area contributed by atoms with Gasteiger partial charge in [-0.05, 0) is 25.1 Å². The van der Waals surface area contributed by atoms with E-state index in [1.54, 1.807) is 7.11 Å². The first-order valence-electron chi connectivity index (χ1n) is 4.31. The maximum atomic E-state index is 5.90. The number of hydrogen-bond acceptors (Lipinski definition) is 2. The van der Waals surface area contributed by atoms with Gasteiger partial charge in [-0.25, -0.2) is 0 Å². The molecule has 2 aromatic rings. The zero-order chi connectivity index (χ0) is 10.1. The summed E-state index contributed by atoms with van der Waals surface area (Å²) >= 11 is 5.90. The van der Waals surface area contributed by atoms with Gasteiger partial charge in [0.25, 0.3) is 0 Å². The summed E-state index contributed by atoms with van der Waals surface area (Å²) in [4.78, 5) is 4.39. The number of nitrogens with zero attached hydrogens (tertiary/aromatic N) is 1. The van der Waals surface area contributed by atoms with Crippen molar-refractivity contribution >= 4 is 22.5 Å². The van der Waals surface area contributed by atoms with Crippen molar-refractivity contribution in [1.82, 2.24) is 4.98 Å². The second-order valence-corrected chi connectivity index (χ2v) is 3.56. The Kier molecular flexibility index (Phi) is 2.30. The topological polar surface area (TPSA) is 22.1 Å². The van der Waals surface area contributed by atoms with Crippen molar-refractivity contribution in [3.05, 3.63) is 35.0 Å². The second-order valence-electron chi connectivity index (χ2n) is 3.13. The number of pyridine rings is 1. The van der Waals surface area contributed by atoms with Crippen LogP contribution in [0.1, 0.15) is 5.69 Å². The molecule has 1 heterocycles. The van der Waals surface area contributed by atoms with E-state index in [0.29, 0.717) is 5.02 Å². The van der Waals surface area contributed by atoms with Crippen molar-refractivity contribution in [3.8, 4) is 5.75 Å². The lowest BCUT2D eigenvalue weighted by molar-refractivity contribution is 0.419. The minimum Gasteiger partial charge on any atom is -0.496 e. The maximum absolute atomic E-state index is 5.90. The van der Waals surface area contributed by atoms with Gasteiger partial charge in [-0.15, -0.1) is 0 Å². The maximum Gasteiger partial charge on any atom is 0.130 e. The van der Waals surface area contributed by atoms with E-state index in [0.717, 1.165) is 22.3 Å². The first-order valence-corrected chi connectivity index (χ1v) is 4.69. The number of rotatable bonds is 1. The molecule has 0 bridgehead atoms. The Balaban J connectivity index is 2.81. The molecule has 72 valence electrons. The van der Waals surface area contributed by atoms with Gasteiger partial charge < -0.3 is 4.74 Å². The van der Waals surface area contributed by atoms with Gasteiger partial charge in [0.05, 0.1) is 12.6 Å². The number of fused-ring (bicyclic) bond motifs is 1. The van der Waals surface area contributed by atoms with E-state index in [4.69, 9.17) is 16.3 Å². The highest BCUT2D eigenvalue weighted by Crippen LogP contribution is 2.27. The number of aromatic nitrogens is 1. The summed E-state index contributed by atoms with van der Waals surface area (Å²) < 4.78 is 5.26. The van der Waals surface area contributed by atoms with Gasteiger partial charge in [-0.2, -0.15) is 0 Å². The molecule has 2 rings (SSSR count). The number of ether oxygens (including phenoxy) is 1. The Hall–Kier alpha value is -1.28. The largest absolute Gasteiger partial charge is 0.496 e. The zero-order valence-electron chi connectivity index (χ0n) is 8.04. The SMILES string of the molecule is COc1cc(C)nc2ccc(Cl)cc12. The Morgan fingerprint density at radius 3 is 2.79 bits per heavy atom. The monoisotopic (exact) mass is 207 g/mol. The minimum atomic E-state index is 0.696. The zero-order valence-corrected chi connectivity index (χ0v) is 8.80. The summed E-state index contributed by atoms with van der Waals surface area (Å²) in [6, 6.07) is 7.49. The Bertz CT molecular complexity index is 482. The molecular weight excluding hydrogens is 198 g/mol. The van der Waals surface area contributed by atoms with Gasteiger partial charge >= 0.3 is 0 Å². The average molecular weight is 208 g/mol. The average Bonchev–Trinajstić information content (AvgIpc) is 2.17. The van der Waals surface area contributed by atoms with Crippen LogP contribution in [0, 0.1) is 6.92 Å². The molecule has 0 N–H and O–H groups in total. The highest BCUT2D eigenvalue weighted by atomic mass is 35.5. The van der Waals surface area contributed by atoms with Gasteiger partial charge in [-0.1, -0.05) is 11.6 Å². The third-order valence-electron chi connectivity index (χ3n) is 2.08. The fourth-order valence-electron chi connectivity index (χ4n) is 1.46. The fourth-order valence-corrected chi connectivity index (χ4v) is 1.63. The van der Waals surface area contributed by atoms with E-state index in [1.807, 2.05) is 31.2 Å². The number of hydrogen-bond donors (Lipinski definition) is 0. The molecule has 0 saturated heterocycles. The molecule has 0 radical (unpaired) electrons. The van der Waals surface area contributed by atoms with E-state index in [-0.39, 0.29) is 0 Å². The van der Waals surface area contributed by atoms with Crippen molar-refractivity contribution in [2.75, 3.05) is 7.11 Å². The van der Waals surface area contributed by atoms with Crippen LogP contribution in [0.4, 0.5) is 0 Å². The molecule has 0 saturated carbocycles. The molecule has 0 aliphatic rings. The lowest BCUT2D eigenvalue weighted by Gasteiger charge is -2.06. The molecule has 2 nitrogen and oxygen atoms in total. The number of halogens is 1. The summed E-state index contributed by atoms with van der Waals surface area (Å²) in [5.41, 5.74) is 1.85. The molecule has 0 fully saturated rings. The first-order chi connectivity index (χ1) is 6.70. The summed E-state index contributed by atoms with van der Waals surface area (Å²) in [5.74, 6) is 0.815. The van der Waals surface area contributed by atoms with Gasteiger partial charge in [-0.3, -0.25) is 4.98 Å². The first kappa shape index (κ1) is 9.28. The van der Waals surface area contributed by atoms with E-state index in [2.05, 4.69) is 4.98 Å². The van der Waals surface area contributed by atoms with Crippen molar-refractivity contribution in [2.45, 2.75) is 6.92 Å². The van der Waals surface area contributed by atoms with Crippen molar-refractivity contribution in [2.24, 2.45) is 0 Å². The highest BCUT2D eigenvalue weighted by Gasteiger charge is 2.04. The quantitative estimate of drug-likeness (QED) is 0.717. The van der Waals surface area contributed by atoms with E-state index in [9.17, 15) is 0 Å². The van der Waals surface area contributed by atoms with Crippen molar-refractivity contribution < 1.29 is 4.74 Å². The number of aryl methyl sites for hydroxylation is 1. The second kappa shape index (κ2) is 3.46. The molecule has 1 aromatic carbocycles. The third kappa shape index (κ3) is 1.53. The predicted molar refractivity (Wildman–Crippen MR) is 58.0 cm³/mol. The molecular formula is C11H10ClNO. The van der Waals surface area contributed by atoms with Crippen LogP contribution in [0.3, 0.4) is 0 Å². The van der Waals surface area contributed by atoms with Crippen LogP contribution in [0.15, 0.2) is 24.3 Å². The van der Waals surface area contributed by atoms with Gasteiger partial charge in [0.1, 0.15) is 5.75 Å². The Labute approximate surface area is 87.5 Å². The van der Waals surface area contributed by atoms with E-state index >= 15 is 0 Å². The van der Waals surface area contributed by atoms with E-state index < -0.39 is 0 Å². The molecule has 0 aliphatic carbocycles. The molecule has 0 amide bonds. The van der Waals surface area contributed by atoms with Gasteiger partial charge in [0.2, 0.25) is 0 Å². The van der Waals surface area contributed by atoms with Gasteiger partial charge in [0, 0.05) is 22.2 Å².